The van der Waals surface area contributed by atoms with Gasteiger partial charge < -0.3 is 20.6 Å². The molecule has 2 heterocycles. The van der Waals surface area contributed by atoms with Gasteiger partial charge in [-0.1, -0.05) is 11.6 Å². The van der Waals surface area contributed by atoms with Gasteiger partial charge in [-0.25, -0.2) is 4.98 Å². The molecule has 1 aliphatic carbocycles. The van der Waals surface area contributed by atoms with Gasteiger partial charge in [0.15, 0.2) is 5.82 Å². The summed E-state index contributed by atoms with van der Waals surface area (Å²) in [7, 11) is 1.78. The van der Waals surface area contributed by atoms with E-state index in [9.17, 15) is 9.59 Å². The Bertz CT molecular complexity index is 959. The molecule has 1 saturated carbocycles. The van der Waals surface area contributed by atoms with Gasteiger partial charge in [0.05, 0.1) is 12.1 Å². The van der Waals surface area contributed by atoms with Gasteiger partial charge in [-0.15, -0.1) is 0 Å². The number of halogens is 1. The van der Waals surface area contributed by atoms with Crippen LogP contribution >= 0.6 is 11.6 Å². The quantitative estimate of drug-likeness (QED) is 0.685. The number of hydrogen-bond acceptors (Lipinski definition) is 6. The predicted octanol–water partition coefficient (Wildman–Crippen LogP) is 3.51. The highest BCUT2D eigenvalue weighted by atomic mass is 35.5. The maximum atomic E-state index is 12.0. The molecule has 2 aliphatic rings. The number of amides is 1. The maximum Gasteiger partial charge on any atom is 0.306 e. The molecule has 1 aliphatic heterocycles. The summed E-state index contributed by atoms with van der Waals surface area (Å²) in [6.07, 6.45) is 4.33. The molecule has 1 aromatic carbocycles. The van der Waals surface area contributed by atoms with E-state index in [1.807, 2.05) is 12.1 Å². The normalized spacial score (nSPS) is 21.0. The van der Waals surface area contributed by atoms with Gasteiger partial charge in [-0.3, -0.25) is 9.59 Å². The lowest BCUT2D eigenvalue weighted by atomic mass is 9.86. The standard InChI is InChI=1S/C20H22ClN5O3/c1-26-10-12-8-14(6-7-15(12)18(26)27)24-20-22-9-16(21)17(25-20)23-13-4-2-11(3-5-13)19(28)29/h6-9,11,13H,2-5,10H2,1H3,(H,28,29)(H2,22,23,24,25). The molecule has 4 rings (SSSR count). The summed E-state index contributed by atoms with van der Waals surface area (Å²) in [4.78, 5) is 33.5. The Balaban J connectivity index is 1.45. The van der Waals surface area contributed by atoms with E-state index in [1.54, 1.807) is 18.0 Å². The molecule has 2 aromatic rings. The fourth-order valence-corrected chi connectivity index (χ4v) is 4.03. The highest BCUT2D eigenvalue weighted by Crippen LogP contribution is 2.30. The van der Waals surface area contributed by atoms with Crippen LogP contribution in [-0.2, 0) is 11.3 Å². The van der Waals surface area contributed by atoms with E-state index in [-0.39, 0.29) is 17.9 Å². The Morgan fingerprint density at radius 2 is 2.03 bits per heavy atom. The van der Waals surface area contributed by atoms with Crippen LogP contribution in [-0.4, -0.2) is 44.9 Å². The molecule has 0 radical (unpaired) electrons. The second-order valence-electron chi connectivity index (χ2n) is 7.58. The van der Waals surface area contributed by atoms with Crippen molar-refractivity contribution >= 4 is 40.9 Å². The number of aliphatic carboxylic acids is 1. The van der Waals surface area contributed by atoms with Gasteiger partial charge in [0.1, 0.15) is 5.02 Å². The molecule has 0 bridgehead atoms. The van der Waals surface area contributed by atoms with Crippen molar-refractivity contribution in [2.24, 2.45) is 5.92 Å². The first kappa shape index (κ1) is 19.4. The Hall–Kier alpha value is -2.87. The zero-order chi connectivity index (χ0) is 20.5. The number of carboxylic acids is 1. The van der Waals surface area contributed by atoms with Gasteiger partial charge in [0, 0.05) is 30.9 Å². The summed E-state index contributed by atoms with van der Waals surface area (Å²) in [5.41, 5.74) is 2.47. The lowest BCUT2D eigenvalue weighted by Gasteiger charge is -2.27. The van der Waals surface area contributed by atoms with Crippen LogP contribution in [0.2, 0.25) is 5.02 Å². The van der Waals surface area contributed by atoms with Crippen LogP contribution in [0, 0.1) is 5.92 Å². The van der Waals surface area contributed by atoms with E-state index in [2.05, 4.69) is 20.6 Å². The second-order valence-corrected chi connectivity index (χ2v) is 7.99. The lowest BCUT2D eigenvalue weighted by Crippen LogP contribution is -2.29. The van der Waals surface area contributed by atoms with Crippen molar-refractivity contribution in [2.45, 2.75) is 38.3 Å². The van der Waals surface area contributed by atoms with Crippen LogP contribution in [0.1, 0.15) is 41.6 Å². The van der Waals surface area contributed by atoms with Crippen LogP contribution in [0.5, 0.6) is 0 Å². The number of carbonyl (C=O) groups is 2. The molecule has 0 unspecified atom stereocenters. The number of benzene rings is 1. The third-order valence-electron chi connectivity index (χ3n) is 5.51. The Morgan fingerprint density at radius 1 is 1.28 bits per heavy atom. The maximum absolute atomic E-state index is 12.0. The van der Waals surface area contributed by atoms with E-state index >= 15 is 0 Å². The van der Waals surface area contributed by atoms with Gasteiger partial charge in [0.25, 0.3) is 5.91 Å². The summed E-state index contributed by atoms with van der Waals surface area (Å²) in [5, 5.41) is 16.0. The summed E-state index contributed by atoms with van der Waals surface area (Å²) in [6, 6.07) is 5.69. The van der Waals surface area contributed by atoms with Crippen molar-refractivity contribution in [3.05, 3.63) is 40.5 Å². The summed E-state index contributed by atoms with van der Waals surface area (Å²) < 4.78 is 0. The summed E-state index contributed by atoms with van der Waals surface area (Å²) >= 11 is 6.25. The van der Waals surface area contributed by atoms with E-state index in [0.29, 0.717) is 36.2 Å². The molecule has 1 aromatic heterocycles. The van der Waals surface area contributed by atoms with Gasteiger partial charge in [0.2, 0.25) is 5.95 Å². The molecule has 0 saturated heterocycles. The number of nitrogens with one attached hydrogen (secondary N) is 2. The van der Waals surface area contributed by atoms with Crippen molar-refractivity contribution in [1.82, 2.24) is 14.9 Å². The van der Waals surface area contributed by atoms with Crippen molar-refractivity contribution < 1.29 is 14.7 Å². The highest BCUT2D eigenvalue weighted by molar-refractivity contribution is 6.32. The number of carbonyl (C=O) groups excluding carboxylic acids is 1. The topological polar surface area (TPSA) is 107 Å². The van der Waals surface area contributed by atoms with Gasteiger partial charge in [-0.05, 0) is 49.4 Å². The molecular weight excluding hydrogens is 394 g/mol. The fraction of sp³-hybridized carbons (Fsp3) is 0.400. The lowest BCUT2D eigenvalue weighted by molar-refractivity contribution is -0.142. The largest absolute Gasteiger partial charge is 0.481 e. The minimum absolute atomic E-state index is 0.0263. The molecule has 1 fully saturated rings. The van der Waals surface area contributed by atoms with Crippen LogP contribution < -0.4 is 10.6 Å². The minimum Gasteiger partial charge on any atom is -0.481 e. The van der Waals surface area contributed by atoms with E-state index in [4.69, 9.17) is 16.7 Å². The molecule has 3 N–H and O–H groups in total. The van der Waals surface area contributed by atoms with Gasteiger partial charge in [-0.2, -0.15) is 4.98 Å². The number of nitrogens with zero attached hydrogens (tertiary/aromatic N) is 3. The number of rotatable bonds is 5. The van der Waals surface area contributed by atoms with Crippen molar-refractivity contribution in [1.29, 1.82) is 0 Å². The molecule has 152 valence electrons. The molecule has 0 atom stereocenters. The number of hydrogen-bond donors (Lipinski definition) is 3. The Labute approximate surface area is 173 Å². The monoisotopic (exact) mass is 415 g/mol. The third-order valence-corrected chi connectivity index (χ3v) is 5.78. The first-order chi connectivity index (χ1) is 13.9. The smallest absolute Gasteiger partial charge is 0.306 e. The average Bonchev–Trinajstić information content (AvgIpc) is 2.98. The SMILES string of the molecule is CN1Cc2cc(Nc3ncc(Cl)c(NC4CCC(C(=O)O)CC4)n3)ccc2C1=O. The van der Waals surface area contributed by atoms with Crippen LogP contribution in [0.3, 0.4) is 0 Å². The molecule has 9 heteroatoms. The van der Waals surface area contributed by atoms with Crippen LogP contribution in [0.25, 0.3) is 0 Å². The molecular formula is C20H22ClN5O3. The van der Waals surface area contributed by atoms with Crippen molar-refractivity contribution in [3.8, 4) is 0 Å². The van der Waals surface area contributed by atoms with Crippen molar-refractivity contribution in [2.75, 3.05) is 17.7 Å². The molecule has 29 heavy (non-hydrogen) atoms. The fourth-order valence-electron chi connectivity index (χ4n) is 3.88. The molecule has 0 spiro atoms. The highest BCUT2D eigenvalue weighted by Gasteiger charge is 2.27. The van der Waals surface area contributed by atoms with Gasteiger partial charge >= 0.3 is 5.97 Å². The zero-order valence-corrected chi connectivity index (χ0v) is 16.7. The number of anilines is 3. The first-order valence-corrected chi connectivity index (χ1v) is 9.96. The zero-order valence-electron chi connectivity index (χ0n) is 16.0. The first-order valence-electron chi connectivity index (χ1n) is 9.58. The number of aromatic nitrogens is 2. The van der Waals surface area contributed by atoms with E-state index in [1.165, 1.54) is 6.20 Å². The number of fused-ring (bicyclic) bond motifs is 1. The summed E-state index contributed by atoms with van der Waals surface area (Å²) in [5.74, 6) is -0.0414. The average molecular weight is 416 g/mol. The second kappa shape index (κ2) is 7.87. The van der Waals surface area contributed by atoms with Crippen LogP contribution in [0.4, 0.5) is 17.5 Å². The Morgan fingerprint density at radius 3 is 2.76 bits per heavy atom. The van der Waals surface area contributed by atoms with E-state index < -0.39 is 5.97 Å². The molecule has 8 nitrogen and oxygen atoms in total. The number of carboxylic acid groups (broad SMARTS) is 1. The Kier molecular flexibility index (Phi) is 5.27. The van der Waals surface area contributed by atoms with Crippen molar-refractivity contribution in [3.63, 3.8) is 0 Å². The third kappa shape index (κ3) is 4.12. The molecule has 1 amide bonds. The van der Waals surface area contributed by atoms with Crippen LogP contribution in [0.15, 0.2) is 24.4 Å². The minimum atomic E-state index is -0.725. The predicted molar refractivity (Wildman–Crippen MR) is 110 cm³/mol. The summed E-state index contributed by atoms with van der Waals surface area (Å²) in [6.45, 7) is 0.580. The van der Waals surface area contributed by atoms with E-state index in [0.717, 1.165) is 29.7 Å².